The largest absolute Gasteiger partial charge is 0.395 e. The van der Waals surface area contributed by atoms with Gasteiger partial charge in [-0.3, -0.25) is 14.5 Å². The molecule has 7 nitrogen and oxygen atoms in total. The number of amides is 2. The van der Waals surface area contributed by atoms with E-state index in [-0.39, 0.29) is 43.3 Å². The van der Waals surface area contributed by atoms with Crippen molar-refractivity contribution in [3.8, 4) is 0 Å². The number of aliphatic hydroxyl groups excluding tert-OH is 1. The minimum atomic E-state index is -0.373. The van der Waals surface area contributed by atoms with Gasteiger partial charge < -0.3 is 20.2 Å². The molecule has 2 rings (SSSR count). The maximum absolute atomic E-state index is 12.3. The Labute approximate surface area is 138 Å². The van der Waals surface area contributed by atoms with E-state index in [4.69, 9.17) is 5.11 Å². The van der Waals surface area contributed by atoms with E-state index in [1.165, 1.54) is 0 Å². The highest BCUT2D eigenvalue weighted by Gasteiger charge is 2.31. The van der Waals surface area contributed by atoms with Crippen molar-refractivity contribution < 1.29 is 14.7 Å². The molecule has 0 aromatic rings. The number of β-amino-alcohol motifs (C(OH)–C–C–N with tert-alkyl or cyclic N) is 1. The van der Waals surface area contributed by atoms with Gasteiger partial charge in [0.2, 0.25) is 11.8 Å². The fourth-order valence-electron chi connectivity index (χ4n) is 2.93. The van der Waals surface area contributed by atoms with Crippen LogP contribution in [0.25, 0.3) is 0 Å². The number of carbonyl (C=O) groups is 2. The first-order valence-electron chi connectivity index (χ1n) is 7.79. The Hall–Kier alpha value is -0.890. The van der Waals surface area contributed by atoms with E-state index < -0.39 is 0 Å². The van der Waals surface area contributed by atoms with Crippen LogP contribution >= 0.6 is 12.4 Å². The van der Waals surface area contributed by atoms with Crippen LogP contribution in [0, 0.1) is 0 Å². The number of rotatable bonds is 5. The summed E-state index contributed by atoms with van der Waals surface area (Å²) in [6.07, 6.45) is 0.245. The summed E-state index contributed by atoms with van der Waals surface area (Å²) < 4.78 is 0. The van der Waals surface area contributed by atoms with Crippen LogP contribution < -0.4 is 5.32 Å². The predicted molar refractivity (Wildman–Crippen MR) is 86.0 cm³/mol. The number of nitrogens with zero attached hydrogens (tertiary/aromatic N) is 3. The minimum absolute atomic E-state index is 0. The van der Waals surface area contributed by atoms with Crippen LogP contribution in [0.3, 0.4) is 0 Å². The smallest absolute Gasteiger partial charge is 0.240 e. The Morgan fingerprint density at radius 2 is 1.95 bits per heavy atom. The molecule has 0 aromatic carbocycles. The molecular formula is C14H27ClN4O3. The van der Waals surface area contributed by atoms with Crippen LogP contribution in [0.2, 0.25) is 0 Å². The van der Waals surface area contributed by atoms with Crippen molar-refractivity contribution in [2.45, 2.75) is 19.4 Å². The molecule has 2 aliphatic heterocycles. The Morgan fingerprint density at radius 1 is 1.27 bits per heavy atom. The summed E-state index contributed by atoms with van der Waals surface area (Å²) in [6.45, 7) is 7.89. The molecule has 2 aliphatic rings. The molecule has 2 amide bonds. The number of hydrogen-bond acceptors (Lipinski definition) is 5. The molecule has 128 valence electrons. The van der Waals surface area contributed by atoms with Crippen molar-refractivity contribution in [2.75, 3.05) is 59.0 Å². The first-order chi connectivity index (χ1) is 10.2. The zero-order valence-electron chi connectivity index (χ0n) is 13.2. The quantitative estimate of drug-likeness (QED) is 0.657. The molecule has 8 heteroatoms. The van der Waals surface area contributed by atoms with Gasteiger partial charge in [-0.05, 0) is 6.92 Å². The molecular weight excluding hydrogens is 308 g/mol. The number of hydrogen-bond donors (Lipinski definition) is 2. The lowest BCUT2D eigenvalue weighted by Gasteiger charge is -2.36. The molecule has 0 spiro atoms. The zero-order valence-corrected chi connectivity index (χ0v) is 14.0. The van der Waals surface area contributed by atoms with Gasteiger partial charge in [-0.15, -0.1) is 12.4 Å². The van der Waals surface area contributed by atoms with E-state index in [1.54, 1.807) is 4.90 Å². The predicted octanol–water partition coefficient (Wildman–Crippen LogP) is -1.24. The number of nitrogens with one attached hydrogen (secondary N) is 1. The molecule has 22 heavy (non-hydrogen) atoms. The first kappa shape index (κ1) is 19.2. The molecule has 2 fully saturated rings. The average molecular weight is 335 g/mol. The van der Waals surface area contributed by atoms with Gasteiger partial charge >= 0.3 is 0 Å². The SMILES string of the molecule is CCN1CCNC(CC(=O)N2CCN(CCO)CC2)C1=O.Cl. The monoisotopic (exact) mass is 334 g/mol. The summed E-state index contributed by atoms with van der Waals surface area (Å²) in [4.78, 5) is 30.3. The van der Waals surface area contributed by atoms with Crippen molar-refractivity contribution >= 4 is 24.2 Å². The summed E-state index contributed by atoms with van der Waals surface area (Å²) in [5, 5.41) is 12.1. The number of aliphatic hydroxyl groups is 1. The van der Waals surface area contributed by atoms with Gasteiger partial charge in [0, 0.05) is 52.4 Å². The van der Waals surface area contributed by atoms with Gasteiger partial charge in [0.15, 0.2) is 0 Å². The zero-order chi connectivity index (χ0) is 15.2. The van der Waals surface area contributed by atoms with Gasteiger partial charge in [-0.2, -0.15) is 0 Å². The lowest BCUT2D eigenvalue weighted by molar-refractivity contribution is -0.141. The molecule has 1 atom stereocenters. The second kappa shape index (κ2) is 9.29. The van der Waals surface area contributed by atoms with Crippen molar-refractivity contribution in [2.24, 2.45) is 0 Å². The van der Waals surface area contributed by atoms with Crippen molar-refractivity contribution in [3.63, 3.8) is 0 Å². The highest BCUT2D eigenvalue weighted by Crippen LogP contribution is 2.09. The Morgan fingerprint density at radius 3 is 2.55 bits per heavy atom. The number of likely N-dealkylation sites (N-methyl/N-ethyl adjacent to an activating group) is 1. The molecule has 1 unspecified atom stereocenters. The van der Waals surface area contributed by atoms with E-state index in [0.717, 1.165) is 26.2 Å². The summed E-state index contributed by atoms with van der Waals surface area (Å²) in [6, 6.07) is -0.373. The fraction of sp³-hybridized carbons (Fsp3) is 0.857. The fourth-order valence-corrected chi connectivity index (χ4v) is 2.93. The number of carbonyl (C=O) groups excluding carboxylic acids is 2. The highest BCUT2D eigenvalue weighted by atomic mass is 35.5. The second-order valence-electron chi connectivity index (χ2n) is 5.57. The maximum Gasteiger partial charge on any atom is 0.240 e. The number of piperazine rings is 2. The molecule has 0 saturated carbocycles. The average Bonchev–Trinajstić information content (AvgIpc) is 2.50. The van der Waals surface area contributed by atoms with E-state index >= 15 is 0 Å². The van der Waals surface area contributed by atoms with Crippen LogP contribution in [0.1, 0.15) is 13.3 Å². The minimum Gasteiger partial charge on any atom is -0.395 e. The van der Waals surface area contributed by atoms with E-state index in [2.05, 4.69) is 10.2 Å². The van der Waals surface area contributed by atoms with E-state index in [9.17, 15) is 9.59 Å². The normalized spacial score (nSPS) is 23.4. The van der Waals surface area contributed by atoms with E-state index in [1.807, 2.05) is 11.8 Å². The summed E-state index contributed by atoms with van der Waals surface area (Å²) in [7, 11) is 0. The molecule has 0 bridgehead atoms. The third-order valence-corrected chi connectivity index (χ3v) is 4.28. The van der Waals surface area contributed by atoms with Crippen LogP contribution in [0.15, 0.2) is 0 Å². The Kier molecular flexibility index (Phi) is 8.09. The topological polar surface area (TPSA) is 76.1 Å². The lowest BCUT2D eigenvalue weighted by Crippen LogP contribution is -2.57. The molecule has 0 aliphatic carbocycles. The second-order valence-corrected chi connectivity index (χ2v) is 5.57. The standard InChI is InChI=1S/C14H26N4O3.ClH/c1-2-17-4-3-15-12(14(17)21)11-13(20)18-7-5-16(6-8-18)9-10-19;/h12,15,19H,2-11H2,1H3;1H. The third-order valence-electron chi connectivity index (χ3n) is 4.28. The van der Waals surface area contributed by atoms with Crippen molar-refractivity contribution in [1.29, 1.82) is 0 Å². The molecule has 2 N–H and O–H groups in total. The van der Waals surface area contributed by atoms with Gasteiger partial charge in [0.25, 0.3) is 0 Å². The van der Waals surface area contributed by atoms with Crippen LogP contribution in [0.4, 0.5) is 0 Å². The van der Waals surface area contributed by atoms with Crippen molar-refractivity contribution in [3.05, 3.63) is 0 Å². The van der Waals surface area contributed by atoms with Gasteiger partial charge in [-0.25, -0.2) is 0 Å². The summed E-state index contributed by atoms with van der Waals surface area (Å²) in [5.74, 6) is 0.0819. The van der Waals surface area contributed by atoms with Gasteiger partial charge in [-0.1, -0.05) is 0 Å². The van der Waals surface area contributed by atoms with E-state index in [0.29, 0.717) is 26.2 Å². The Balaban J connectivity index is 0.00000242. The molecule has 2 saturated heterocycles. The maximum atomic E-state index is 12.3. The van der Waals surface area contributed by atoms with Crippen LogP contribution in [-0.2, 0) is 9.59 Å². The summed E-state index contributed by atoms with van der Waals surface area (Å²) in [5.41, 5.74) is 0. The van der Waals surface area contributed by atoms with Crippen LogP contribution in [-0.4, -0.2) is 96.6 Å². The summed E-state index contributed by atoms with van der Waals surface area (Å²) >= 11 is 0. The highest BCUT2D eigenvalue weighted by molar-refractivity contribution is 5.89. The third kappa shape index (κ3) is 4.81. The van der Waals surface area contributed by atoms with Gasteiger partial charge in [0.1, 0.15) is 0 Å². The molecule has 2 heterocycles. The molecule has 0 radical (unpaired) electrons. The van der Waals surface area contributed by atoms with Crippen LogP contribution in [0.5, 0.6) is 0 Å². The number of halogens is 1. The lowest BCUT2D eigenvalue weighted by atomic mass is 10.1. The first-order valence-corrected chi connectivity index (χ1v) is 7.79. The van der Waals surface area contributed by atoms with Crippen molar-refractivity contribution in [1.82, 2.24) is 20.0 Å². The Bertz CT molecular complexity index is 375. The molecule has 0 aromatic heterocycles. The van der Waals surface area contributed by atoms with Gasteiger partial charge in [0.05, 0.1) is 19.1 Å².